The number of carbonyl (C=O) groups is 1. The van der Waals surface area contributed by atoms with E-state index in [9.17, 15) is 14.9 Å². The zero-order valence-electron chi connectivity index (χ0n) is 15.4. The number of benzene rings is 1. The van der Waals surface area contributed by atoms with Gasteiger partial charge in [0.2, 0.25) is 5.13 Å². The first-order valence-electron chi connectivity index (χ1n) is 8.61. The predicted molar refractivity (Wildman–Crippen MR) is 106 cm³/mol. The van der Waals surface area contributed by atoms with E-state index in [4.69, 9.17) is 9.15 Å². The summed E-state index contributed by atoms with van der Waals surface area (Å²) in [5.74, 6) is -0.275. The number of hydrogen-bond acceptors (Lipinski definition) is 8. The van der Waals surface area contributed by atoms with E-state index in [2.05, 4.69) is 15.4 Å². The molecule has 3 heterocycles. The van der Waals surface area contributed by atoms with E-state index in [-0.39, 0.29) is 5.76 Å². The van der Waals surface area contributed by atoms with E-state index in [0.29, 0.717) is 34.5 Å². The molecular weight excluding hydrogens is 398 g/mol. The molecule has 0 aliphatic rings. The molecule has 1 amide bonds. The van der Waals surface area contributed by atoms with E-state index in [1.807, 2.05) is 25.1 Å². The highest BCUT2D eigenvalue weighted by atomic mass is 32.1. The molecule has 10 nitrogen and oxygen atoms in total. The van der Waals surface area contributed by atoms with Gasteiger partial charge in [0, 0.05) is 6.07 Å². The molecule has 0 unspecified atom stereocenters. The van der Waals surface area contributed by atoms with Gasteiger partial charge in [-0.25, -0.2) is 4.98 Å². The Bertz CT molecular complexity index is 1220. The van der Waals surface area contributed by atoms with Crippen LogP contribution in [0.2, 0.25) is 0 Å². The zero-order chi connectivity index (χ0) is 20.5. The highest BCUT2D eigenvalue weighted by Crippen LogP contribution is 2.32. The lowest BCUT2D eigenvalue weighted by Crippen LogP contribution is -2.14. The number of furan rings is 1. The third kappa shape index (κ3) is 3.55. The summed E-state index contributed by atoms with van der Waals surface area (Å²) in [6, 6.07) is 9.69. The van der Waals surface area contributed by atoms with Gasteiger partial charge in [-0.2, -0.15) is 9.78 Å². The lowest BCUT2D eigenvalue weighted by molar-refractivity contribution is -0.402. The number of anilines is 1. The van der Waals surface area contributed by atoms with E-state index in [1.54, 1.807) is 13.0 Å². The lowest BCUT2D eigenvalue weighted by atomic mass is 10.3. The fourth-order valence-electron chi connectivity index (χ4n) is 2.73. The Balaban J connectivity index is 1.68. The molecular formula is C18H15N5O5S. The summed E-state index contributed by atoms with van der Waals surface area (Å²) < 4.78 is 13.0. The summed E-state index contributed by atoms with van der Waals surface area (Å²) in [5, 5.41) is 18.4. The van der Waals surface area contributed by atoms with E-state index < -0.39 is 16.7 Å². The first kappa shape index (κ1) is 18.6. The van der Waals surface area contributed by atoms with Crippen LogP contribution in [0, 0.1) is 17.0 Å². The average Bonchev–Trinajstić information content (AvgIpc) is 3.39. The van der Waals surface area contributed by atoms with Gasteiger partial charge in [0.15, 0.2) is 5.76 Å². The van der Waals surface area contributed by atoms with Gasteiger partial charge in [0.05, 0.1) is 23.1 Å². The maximum Gasteiger partial charge on any atom is 0.433 e. The number of aryl methyl sites for hydroxylation is 1. The van der Waals surface area contributed by atoms with Crippen LogP contribution in [-0.4, -0.2) is 32.2 Å². The number of thiazole rings is 1. The van der Waals surface area contributed by atoms with Crippen molar-refractivity contribution in [1.29, 1.82) is 0 Å². The number of ether oxygens (including phenoxy) is 1. The number of rotatable bonds is 6. The monoisotopic (exact) mass is 413 g/mol. The van der Waals surface area contributed by atoms with Crippen LogP contribution >= 0.6 is 11.3 Å². The number of aromatic nitrogens is 3. The van der Waals surface area contributed by atoms with Gasteiger partial charge in [-0.15, -0.1) is 0 Å². The van der Waals surface area contributed by atoms with Crippen LogP contribution in [0.15, 0.2) is 40.8 Å². The van der Waals surface area contributed by atoms with Gasteiger partial charge in [-0.1, -0.05) is 17.4 Å². The standard InChI is InChI=1S/C18H15N5O5S/c1-3-27-11-5-4-6-13-16(11)20-18(29-13)22-14(9-10(2)21-22)19-17(24)12-7-8-15(28-12)23(25)26/h4-9H,3H2,1-2H3,(H,19,24). The molecule has 11 heteroatoms. The van der Waals surface area contributed by atoms with Crippen LogP contribution < -0.4 is 10.1 Å². The Hall–Kier alpha value is -3.73. The highest BCUT2D eigenvalue weighted by molar-refractivity contribution is 7.20. The van der Waals surface area contributed by atoms with Crippen LogP contribution in [0.5, 0.6) is 5.75 Å². The molecule has 0 fully saturated rings. The molecule has 0 spiro atoms. The molecule has 0 bridgehead atoms. The van der Waals surface area contributed by atoms with Crippen molar-refractivity contribution in [2.24, 2.45) is 0 Å². The summed E-state index contributed by atoms with van der Waals surface area (Å²) in [5.41, 5.74) is 1.37. The predicted octanol–water partition coefficient (Wildman–Crippen LogP) is 3.94. The molecule has 0 atom stereocenters. The second-order valence-electron chi connectivity index (χ2n) is 5.96. The maximum absolute atomic E-state index is 12.4. The number of nitrogens with one attached hydrogen (secondary N) is 1. The molecule has 0 radical (unpaired) electrons. The molecule has 1 N–H and O–H groups in total. The van der Waals surface area contributed by atoms with Crippen molar-refractivity contribution in [2.45, 2.75) is 13.8 Å². The average molecular weight is 413 g/mol. The Morgan fingerprint density at radius 3 is 2.93 bits per heavy atom. The summed E-state index contributed by atoms with van der Waals surface area (Å²) in [6.45, 7) is 4.20. The molecule has 0 aliphatic carbocycles. The number of hydrogen-bond donors (Lipinski definition) is 1. The van der Waals surface area contributed by atoms with Gasteiger partial charge in [0.25, 0.3) is 5.91 Å². The number of fused-ring (bicyclic) bond motifs is 1. The minimum Gasteiger partial charge on any atom is -0.492 e. The second-order valence-corrected chi connectivity index (χ2v) is 6.97. The quantitative estimate of drug-likeness (QED) is 0.375. The van der Waals surface area contributed by atoms with Crippen molar-refractivity contribution in [3.8, 4) is 10.9 Å². The smallest absolute Gasteiger partial charge is 0.433 e. The Morgan fingerprint density at radius 2 is 2.21 bits per heavy atom. The topological polar surface area (TPSA) is 125 Å². The number of carbonyl (C=O) groups excluding carboxylic acids is 1. The van der Waals surface area contributed by atoms with Crippen molar-refractivity contribution < 1.29 is 18.9 Å². The zero-order valence-corrected chi connectivity index (χ0v) is 16.2. The van der Waals surface area contributed by atoms with Crippen molar-refractivity contribution in [3.63, 3.8) is 0 Å². The molecule has 0 aliphatic heterocycles. The van der Waals surface area contributed by atoms with Crippen LogP contribution in [0.25, 0.3) is 15.3 Å². The van der Waals surface area contributed by atoms with E-state index in [1.165, 1.54) is 22.1 Å². The maximum atomic E-state index is 12.4. The first-order chi connectivity index (χ1) is 14.0. The van der Waals surface area contributed by atoms with Gasteiger partial charge in [-0.05, 0) is 32.0 Å². The Morgan fingerprint density at radius 1 is 1.38 bits per heavy atom. The molecule has 148 valence electrons. The molecule has 0 saturated carbocycles. The number of nitrogens with zero attached hydrogens (tertiary/aromatic N) is 4. The fourth-order valence-corrected chi connectivity index (χ4v) is 3.68. The Labute approximate surface area is 167 Å². The number of amides is 1. The lowest BCUT2D eigenvalue weighted by Gasteiger charge is -2.04. The molecule has 4 rings (SSSR count). The second kappa shape index (κ2) is 7.36. The summed E-state index contributed by atoms with van der Waals surface area (Å²) >= 11 is 1.39. The van der Waals surface area contributed by atoms with Crippen LogP contribution in [-0.2, 0) is 0 Å². The summed E-state index contributed by atoms with van der Waals surface area (Å²) in [7, 11) is 0. The third-order valence-electron chi connectivity index (χ3n) is 3.92. The molecule has 1 aromatic carbocycles. The fraction of sp³-hybridized carbons (Fsp3) is 0.167. The van der Waals surface area contributed by atoms with E-state index in [0.717, 1.165) is 10.8 Å². The summed E-state index contributed by atoms with van der Waals surface area (Å²) in [6.07, 6.45) is 0. The van der Waals surface area contributed by atoms with Gasteiger partial charge >= 0.3 is 5.88 Å². The first-order valence-corrected chi connectivity index (χ1v) is 9.43. The van der Waals surface area contributed by atoms with Crippen molar-refractivity contribution >= 4 is 39.2 Å². The van der Waals surface area contributed by atoms with Crippen LogP contribution in [0.4, 0.5) is 11.7 Å². The SMILES string of the molecule is CCOc1cccc2sc(-n3nc(C)cc3NC(=O)c3ccc([N+](=O)[O-])o3)nc12. The minimum absolute atomic E-state index is 0.176. The van der Waals surface area contributed by atoms with Crippen molar-refractivity contribution in [3.05, 3.63) is 58.0 Å². The van der Waals surface area contributed by atoms with Gasteiger partial charge in [0.1, 0.15) is 22.0 Å². The minimum atomic E-state index is -0.706. The molecule has 29 heavy (non-hydrogen) atoms. The molecule has 3 aromatic heterocycles. The van der Waals surface area contributed by atoms with Crippen molar-refractivity contribution in [2.75, 3.05) is 11.9 Å². The molecule has 4 aromatic rings. The highest BCUT2D eigenvalue weighted by Gasteiger charge is 2.20. The Kier molecular flexibility index (Phi) is 4.72. The molecule has 0 saturated heterocycles. The van der Waals surface area contributed by atoms with E-state index >= 15 is 0 Å². The third-order valence-corrected chi connectivity index (χ3v) is 4.92. The van der Waals surface area contributed by atoms with Gasteiger partial charge < -0.3 is 14.5 Å². The largest absolute Gasteiger partial charge is 0.492 e. The van der Waals surface area contributed by atoms with Crippen molar-refractivity contribution in [1.82, 2.24) is 14.8 Å². The number of nitro groups is 1. The normalized spacial score (nSPS) is 11.0. The summed E-state index contributed by atoms with van der Waals surface area (Å²) in [4.78, 5) is 27.1. The van der Waals surface area contributed by atoms with Gasteiger partial charge in [-0.3, -0.25) is 14.9 Å². The van der Waals surface area contributed by atoms with Crippen LogP contribution in [0.1, 0.15) is 23.2 Å². The van der Waals surface area contributed by atoms with Crippen LogP contribution in [0.3, 0.4) is 0 Å². The number of para-hydroxylation sites is 1.